The molecule has 0 radical (unpaired) electrons. The quantitative estimate of drug-likeness (QED) is 0.689. The van der Waals surface area contributed by atoms with Gasteiger partial charge in [0.15, 0.2) is 6.61 Å². The number of pyridine rings is 1. The Morgan fingerprint density at radius 2 is 2.12 bits per heavy atom. The summed E-state index contributed by atoms with van der Waals surface area (Å²) in [6, 6.07) is 9.85. The number of oxazole rings is 1. The summed E-state index contributed by atoms with van der Waals surface area (Å²) >= 11 is 0. The van der Waals surface area contributed by atoms with Gasteiger partial charge in [-0.1, -0.05) is 18.2 Å². The van der Waals surface area contributed by atoms with Crippen LogP contribution in [-0.4, -0.2) is 9.97 Å². The van der Waals surface area contributed by atoms with E-state index in [4.69, 9.17) is 9.15 Å². The third kappa shape index (κ3) is 2.10. The van der Waals surface area contributed by atoms with Gasteiger partial charge in [-0.3, -0.25) is 4.98 Å². The van der Waals surface area contributed by atoms with Crippen molar-refractivity contribution in [1.82, 2.24) is 9.97 Å². The van der Waals surface area contributed by atoms with Crippen LogP contribution in [0, 0.1) is 0 Å². The molecule has 0 amide bonds. The van der Waals surface area contributed by atoms with Crippen molar-refractivity contribution in [3.63, 3.8) is 0 Å². The standard InChI is InChI=1S/C13H10N2O2/c1-2-4-12-10(3-1)7-11(8-15-12)17-9-13-14-5-6-16-13/h1-8H,9H2. The molecule has 3 aromatic rings. The van der Waals surface area contributed by atoms with E-state index in [9.17, 15) is 0 Å². The van der Waals surface area contributed by atoms with Crippen LogP contribution in [0.4, 0.5) is 0 Å². The van der Waals surface area contributed by atoms with E-state index in [-0.39, 0.29) is 0 Å². The molecule has 0 aliphatic heterocycles. The summed E-state index contributed by atoms with van der Waals surface area (Å²) < 4.78 is 10.6. The Hall–Kier alpha value is -2.36. The minimum absolute atomic E-state index is 0.313. The molecule has 0 saturated carbocycles. The molecule has 2 aromatic heterocycles. The zero-order chi connectivity index (χ0) is 11.5. The van der Waals surface area contributed by atoms with Gasteiger partial charge in [-0.2, -0.15) is 0 Å². The highest BCUT2D eigenvalue weighted by Crippen LogP contribution is 2.18. The number of aromatic nitrogens is 2. The Kier molecular flexibility index (Phi) is 2.46. The van der Waals surface area contributed by atoms with Crippen LogP contribution in [0.2, 0.25) is 0 Å². The lowest BCUT2D eigenvalue weighted by molar-refractivity contribution is 0.262. The van der Waals surface area contributed by atoms with Gasteiger partial charge in [0.2, 0.25) is 5.89 Å². The normalized spacial score (nSPS) is 10.6. The van der Waals surface area contributed by atoms with Gasteiger partial charge in [0, 0.05) is 5.39 Å². The maximum absolute atomic E-state index is 5.54. The van der Waals surface area contributed by atoms with Gasteiger partial charge in [-0.05, 0) is 12.1 Å². The SMILES string of the molecule is c1ccc2ncc(OCc3ncco3)cc2c1. The maximum Gasteiger partial charge on any atom is 0.232 e. The average Bonchev–Trinajstić information content (AvgIpc) is 2.89. The summed E-state index contributed by atoms with van der Waals surface area (Å²) in [6.45, 7) is 0.313. The predicted octanol–water partition coefficient (Wildman–Crippen LogP) is 2.80. The van der Waals surface area contributed by atoms with Crippen LogP contribution < -0.4 is 4.74 Å². The van der Waals surface area contributed by atoms with E-state index in [1.807, 2.05) is 30.3 Å². The van der Waals surface area contributed by atoms with E-state index in [1.165, 1.54) is 6.26 Å². The summed E-state index contributed by atoms with van der Waals surface area (Å²) in [5.41, 5.74) is 0.955. The molecular weight excluding hydrogens is 216 g/mol. The third-order valence-corrected chi connectivity index (χ3v) is 2.41. The Balaban J connectivity index is 1.81. The number of ether oxygens (including phenoxy) is 1. The first-order valence-electron chi connectivity index (χ1n) is 5.28. The van der Waals surface area contributed by atoms with Crippen molar-refractivity contribution in [3.8, 4) is 5.75 Å². The van der Waals surface area contributed by atoms with Crippen molar-refractivity contribution in [2.75, 3.05) is 0 Å². The van der Waals surface area contributed by atoms with E-state index in [0.717, 1.165) is 10.9 Å². The third-order valence-electron chi connectivity index (χ3n) is 2.41. The molecule has 0 N–H and O–H groups in total. The second-order valence-electron chi connectivity index (χ2n) is 3.58. The Morgan fingerprint density at radius 3 is 3.00 bits per heavy atom. The first-order chi connectivity index (χ1) is 8.42. The molecular formula is C13H10N2O2. The molecule has 1 aromatic carbocycles. The number of nitrogens with zero attached hydrogens (tertiary/aromatic N) is 2. The van der Waals surface area contributed by atoms with Gasteiger partial charge in [-0.25, -0.2) is 4.98 Å². The summed E-state index contributed by atoms with van der Waals surface area (Å²) in [4.78, 5) is 8.29. The van der Waals surface area contributed by atoms with E-state index in [2.05, 4.69) is 9.97 Å². The van der Waals surface area contributed by atoms with Crippen molar-refractivity contribution in [3.05, 3.63) is 54.9 Å². The Bertz CT molecular complexity index is 620. The molecule has 84 valence electrons. The zero-order valence-corrected chi connectivity index (χ0v) is 9.04. The van der Waals surface area contributed by atoms with Crippen molar-refractivity contribution in [2.24, 2.45) is 0 Å². The largest absolute Gasteiger partial charge is 0.482 e. The smallest absolute Gasteiger partial charge is 0.232 e. The first-order valence-corrected chi connectivity index (χ1v) is 5.28. The van der Waals surface area contributed by atoms with Crippen LogP contribution in [0.3, 0.4) is 0 Å². The number of hydrogen-bond acceptors (Lipinski definition) is 4. The summed E-state index contributed by atoms with van der Waals surface area (Å²) in [6.07, 6.45) is 4.82. The molecule has 4 heteroatoms. The van der Waals surface area contributed by atoms with Crippen LogP contribution in [0.15, 0.2) is 53.4 Å². The minimum Gasteiger partial charge on any atom is -0.482 e. The fourth-order valence-electron chi connectivity index (χ4n) is 1.60. The summed E-state index contributed by atoms with van der Waals surface area (Å²) in [5, 5.41) is 1.05. The number of para-hydroxylation sites is 1. The predicted molar refractivity (Wildman–Crippen MR) is 62.6 cm³/mol. The van der Waals surface area contributed by atoms with Crippen LogP contribution in [0.5, 0.6) is 5.75 Å². The zero-order valence-electron chi connectivity index (χ0n) is 9.04. The maximum atomic E-state index is 5.54. The van der Waals surface area contributed by atoms with Crippen LogP contribution in [0.25, 0.3) is 10.9 Å². The van der Waals surface area contributed by atoms with E-state index >= 15 is 0 Å². The van der Waals surface area contributed by atoms with E-state index in [1.54, 1.807) is 12.4 Å². The monoisotopic (exact) mass is 226 g/mol. The molecule has 0 unspecified atom stereocenters. The van der Waals surface area contributed by atoms with Crippen molar-refractivity contribution >= 4 is 10.9 Å². The van der Waals surface area contributed by atoms with Crippen LogP contribution in [-0.2, 0) is 6.61 Å². The minimum atomic E-state index is 0.313. The lowest BCUT2D eigenvalue weighted by atomic mass is 10.2. The van der Waals surface area contributed by atoms with Crippen LogP contribution >= 0.6 is 0 Å². The highest BCUT2D eigenvalue weighted by molar-refractivity contribution is 5.79. The topological polar surface area (TPSA) is 48.2 Å². The molecule has 0 aliphatic carbocycles. The van der Waals surface area contributed by atoms with Crippen molar-refractivity contribution in [1.29, 1.82) is 0 Å². The molecule has 3 rings (SSSR count). The highest BCUT2D eigenvalue weighted by atomic mass is 16.5. The molecule has 4 nitrogen and oxygen atoms in total. The fraction of sp³-hybridized carbons (Fsp3) is 0.0769. The number of rotatable bonds is 3. The molecule has 0 fully saturated rings. The Morgan fingerprint density at radius 1 is 1.18 bits per heavy atom. The van der Waals surface area contributed by atoms with E-state index < -0.39 is 0 Å². The molecule has 0 bridgehead atoms. The van der Waals surface area contributed by atoms with Gasteiger partial charge in [0.05, 0.1) is 17.9 Å². The molecule has 0 aliphatic rings. The van der Waals surface area contributed by atoms with Crippen molar-refractivity contribution < 1.29 is 9.15 Å². The number of hydrogen-bond donors (Lipinski definition) is 0. The van der Waals surface area contributed by atoms with Gasteiger partial charge in [-0.15, -0.1) is 0 Å². The first kappa shape index (κ1) is 9.84. The number of benzene rings is 1. The Labute approximate surface area is 97.9 Å². The second kappa shape index (κ2) is 4.25. The van der Waals surface area contributed by atoms with E-state index in [0.29, 0.717) is 18.2 Å². The summed E-state index contributed by atoms with van der Waals surface area (Å²) in [5.74, 6) is 1.26. The lowest BCUT2D eigenvalue weighted by Crippen LogP contribution is -1.95. The van der Waals surface area contributed by atoms with Gasteiger partial charge in [0.25, 0.3) is 0 Å². The lowest BCUT2D eigenvalue weighted by Gasteiger charge is -2.04. The molecule has 2 heterocycles. The van der Waals surface area contributed by atoms with Gasteiger partial charge in [0.1, 0.15) is 12.0 Å². The van der Waals surface area contributed by atoms with Gasteiger partial charge >= 0.3 is 0 Å². The molecule has 0 spiro atoms. The second-order valence-corrected chi connectivity index (χ2v) is 3.58. The number of fused-ring (bicyclic) bond motifs is 1. The molecule has 0 saturated heterocycles. The summed E-state index contributed by atoms with van der Waals surface area (Å²) in [7, 11) is 0. The van der Waals surface area contributed by atoms with Gasteiger partial charge < -0.3 is 9.15 Å². The highest BCUT2D eigenvalue weighted by Gasteiger charge is 2.01. The van der Waals surface area contributed by atoms with Crippen molar-refractivity contribution in [2.45, 2.75) is 6.61 Å². The molecule has 0 atom stereocenters. The van der Waals surface area contributed by atoms with Crippen LogP contribution in [0.1, 0.15) is 5.89 Å². The molecule has 17 heavy (non-hydrogen) atoms. The average molecular weight is 226 g/mol. The fourth-order valence-corrected chi connectivity index (χ4v) is 1.60.